The Balaban J connectivity index is 0.00000261. The summed E-state index contributed by atoms with van der Waals surface area (Å²) in [6.07, 6.45) is 0. The summed E-state index contributed by atoms with van der Waals surface area (Å²) < 4.78 is 8.16. The molecule has 3 rings (SSSR count). The molecule has 2 aromatic carbocycles. The number of carbonyl (C=O) groups excluding carboxylic acids is 1. The Labute approximate surface area is 166 Å². The van der Waals surface area contributed by atoms with Crippen LogP contribution in [0.3, 0.4) is 0 Å². The van der Waals surface area contributed by atoms with Crippen molar-refractivity contribution in [2.75, 3.05) is 13.7 Å². The van der Waals surface area contributed by atoms with Crippen LogP contribution < -0.4 is 4.74 Å². The van der Waals surface area contributed by atoms with Gasteiger partial charge in [-0.05, 0) is 43.2 Å². The number of nitrogens with zero attached hydrogens (tertiary/aromatic N) is 3. The van der Waals surface area contributed by atoms with Crippen molar-refractivity contribution >= 4 is 29.3 Å². The molecule has 0 radical (unpaired) electrons. The molecule has 1 aromatic heterocycles. The highest BCUT2D eigenvalue weighted by Gasteiger charge is 2.14. The zero-order valence-corrected chi connectivity index (χ0v) is 17.0. The summed E-state index contributed by atoms with van der Waals surface area (Å²) in [6, 6.07) is 14.2. The van der Waals surface area contributed by atoms with Gasteiger partial charge in [0.25, 0.3) is 0 Å². The van der Waals surface area contributed by atoms with Crippen molar-refractivity contribution in [1.82, 2.24) is 14.5 Å². The molecule has 1 heterocycles. The van der Waals surface area contributed by atoms with Crippen molar-refractivity contribution in [2.24, 2.45) is 0 Å². The minimum Gasteiger partial charge on any atom is -0.491 e. The monoisotopic (exact) mass is 387 g/mol. The highest BCUT2D eigenvalue weighted by molar-refractivity contribution is 5.85. The molecule has 6 heteroatoms. The molecular formula is C21H26ClN3O2. The number of carbonyl (C=O) groups is 1. The molecular weight excluding hydrogens is 362 g/mol. The molecule has 0 aliphatic heterocycles. The van der Waals surface area contributed by atoms with Gasteiger partial charge >= 0.3 is 0 Å². The van der Waals surface area contributed by atoms with Gasteiger partial charge in [-0.15, -0.1) is 12.4 Å². The average Bonchev–Trinajstić information content (AvgIpc) is 2.95. The summed E-state index contributed by atoms with van der Waals surface area (Å²) in [4.78, 5) is 18.0. The third kappa shape index (κ3) is 4.80. The summed E-state index contributed by atoms with van der Waals surface area (Å²) in [5, 5.41) is 0. The van der Waals surface area contributed by atoms with Crippen molar-refractivity contribution in [3.63, 3.8) is 0 Å². The molecule has 3 aromatic rings. The van der Waals surface area contributed by atoms with Crippen molar-refractivity contribution in [3.05, 3.63) is 59.4 Å². The molecule has 0 fully saturated rings. The molecule has 144 valence electrons. The number of benzene rings is 2. The molecule has 0 unspecified atom stereocenters. The van der Waals surface area contributed by atoms with Gasteiger partial charge in [0.15, 0.2) is 0 Å². The van der Waals surface area contributed by atoms with Crippen molar-refractivity contribution in [3.8, 4) is 5.75 Å². The highest BCUT2D eigenvalue weighted by atomic mass is 35.5. The van der Waals surface area contributed by atoms with Crippen LogP contribution in [0.15, 0.2) is 42.5 Å². The summed E-state index contributed by atoms with van der Waals surface area (Å²) in [7, 11) is 1.79. The van der Waals surface area contributed by atoms with E-state index in [2.05, 4.69) is 42.7 Å². The van der Waals surface area contributed by atoms with Gasteiger partial charge in [0.1, 0.15) is 18.2 Å². The minimum atomic E-state index is 0. The number of hydrogen-bond donors (Lipinski definition) is 0. The van der Waals surface area contributed by atoms with Gasteiger partial charge in [-0.3, -0.25) is 4.79 Å². The number of aromatic nitrogens is 2. The Bertz CT molecular complexity index is 936. The van der Waals surface area contributed by atoms with E-state index >= 15 is 0 Å². The second-order valence-electron chi connectivity index (χ2n) is 6.66. The molecule has 0 aliphatic rings. The Morgan fingerprint density at radius 1 is 1.19 bits per heavy atom. The second-order valence-corrected chi connectivity index (χ2v) is 6.66. The maximum Gasteiger partial charge on any atom is 0.219 e. The Morgan fingerprint density at radius 2 is 1.93 bits per heavy atom. The lowest BCUT2D eigenvalue weighted by atomic mass is 10.1. The smallest absolute Gasteiger partial charge is 0.219 e. The van der Waals surface area contributed by atoms with Gasteiger partial charge < -0.3 is 14.2 Å². The molecule has 0 aliphatic carbocycles. The Hall–Kier alpha value is -2.53. The van der Waals surface area contributed by atoms with Crippen LogP contribution in [-0.4, -0.2) is 34.0 Å². The van der Waals surface area contributed by atoms with E-state index in [1.54, 1.807) is 18.9 Å². The van der Waals surface area contributed by atoms with E-state index in [0.717, 1.165) is 28.2 Å². The quantitative estimate of drug-likeness (QED) is 0.638. The van der Waals surface area contributed by atoms with Crippen LogP contribution >= 0.6 is 12.4 Å². The number of halogens is 1. The largest absolute Gasteiger partial charge is 0.491 e. The van der Waals surface area contributed by atoms with Gasteiger partial charge in [0.05, 0.1) is 24.1 Å². The van der Waals surface area contributed by atoms with E-state index in [1.165, 1.54) is 5.56 Å². The zero-order valence-electron chi connectivity index (χ0n) is 16.2. The first kappa shape index (κ1) is 20.8. The lowest BCUT2D eigenvalue weighted by Gasteiger charge is -2.17. The molecule has 5 nitrogen and oxygen atoms in total. The molecule has 0 N–H and O–H groups in total. The van der Waals surface area contributed by atoms with Crippen molar-refractivity contribution in [2.45, 2.75) is 33.9 Å². The number of amides is 1. The van der Waals surface area contributed by atoms with Gasteiger partial charge in [-0.2, -0.15) is 0 Å². The van der Waals surface area contributed by atoms with Crippen LogP contribution in [0.1, 0.15) is 23.9 Å². The van der Waals surface area contributed by atoms with Crippen LogP contribution in [0, 0.1) is 13.8 Å². The summed E-state index contributed by atoms with van der Waals surface area (Å²) >= 11 is 0. The molecule has 1 amide bonds. The van der Waals surface area contributed by atoms with Gasteiger partial charge in [-0.1, -0.05) is 24.3 Å². The maximum absolute atomic E-state index is 11.6. The topological polar surface area (TPSA) is 47.4 Å². The maximum atomic E-state index is 11.6. The number of imidazole rings is 1. The van der Waals surface area contributed by atoms with E-state index in [9.17, 15) is 4.79 Å². The fourth-order valence-corrected chi connectivity index (χ4v) is 2.93. The Morgan fingerprint density at radius 3 is 2.67 bits per heavy atom. The predicted octanol–water partition coefficient (Wildman–Crippen LogP) is 4.13. The van der Waals surface area contributed by atoms with Crippen molar-refractivity contribution in [1.29, 1.82) is 0 Å². The molecule has 0 spiro atoms. The normalized spacial score (nSPS) is 10.5. The number of para-hydroxylation sites is 2. The number of hydrogen-bond acceptors (Lipinski definition) is 3. The Kier molecular flexibility index (Phi) is 6.86. The van der Waals surface area contributed by atoms with Crippen molar-refractivity contribution < 1.29 is 9.53 Å². The van der Waals surface area contributed by atoms with Crippen LogP contribution in [0.4, 0.5) is 0 Å². The molecule has 0 atom stereocenters. The lowest BCUT2D eigenvalue weighted by Crippen LogP contribution is -2.25. The number of aryl methyl sites for hydroxylation is 2. The fourth-order valence-electron chi connectivity index (χ4n) is 2.93. The summed E-state index contributed by atoms with van der Waals surface area (Å²) in [5.41, 5.74) is 4.31. The fraction of sp³-hybridized carbons (Fsp3) is 0.333. The first-order chi connectivity index (χ1) is 12.5. The molecule has 0 bridgehead atoms. The second kappa shape index (κ2) is 8.91. The van der Waals surface area contributed by atoms with E-state index in [-0.39, 0.29) is 18.3 Å². The van der Waals surface area contributed by atoms with Crippen LogP contribution in [0.2, 0.25) is 0 Å². The van der Waals surface area contributed by atoms with Gasteiger partial charge in [-0.25, -0.2) is 4.98 Å². The molecule has 0 saturated carbocycles. The standard InChI is InChI=1S/C21H25N3O2.ClH/c1-15-9-10-16(2)20(13-15)26-12-11-24-19-8-6-5-7-18(19)22-21(24)14-23(4)17(3)25;/h5-10,13H,11-12,14H2,1-4H3;1H. The van der Waals surface area contributed by atoms with Crippen LogP contribution in [-0.2, 0) is 17.9 Å². The third-order valence-corrected chi connectivity index (χ3v) is 4.57. The van der Waals surface area contributed by atoms with Crippen LogP contribution in [0.25, 0.3) is 11.0 Å². The average molecular weight is 388 g/mol. The highest BCUT2D eigenvalue weighted by Crippen LogP contribution is 2.20. The summed E-state index contributed by atoms with van der Waals surface area (Å²) in [5.74, 6) is 1.81. The number of fused-ring (bicyclic) bond motifs is 1. The first-order valence-electron chi connectivity index (χ1n) is 8.81. The van der Waals surface area contributed by atoms with Gasteiger partial charge in [0.2, 0.25) is 5.91 Å². The third-order valence-electron chi connectivity index (χ3n) is 4.57. The minimum absolute atomic E-state index is 0. The van der Waals surface area contributed by atoms with E-state index in [0.29, 0.717) is 19.7 Å². The predicted molar refractivity (Wildman–Crippen MR) is 111 cm³/mol. The van der Waals surface area contributed by atoms with E-state index in [4.69, 9.17) is 9.72 Å². The van der Waals surface area contributed by atoms with Crippen LogP contribution in [0.5, 0.6) is 5.75 Å². The van der Waals surface area contributed by atoms with E-state index < -0.39 is 0 Å². The van der Waals surface area contributed by atoms with E-state index in [1.807, 2.05) is 18.2 Å². The summed E-state index contributed by atoms with van der Waals surface area (Å²) in [6.45, 7) is 7.38. The number of rotatable bonds is 6. The zero-order chi connectivity index (χ0) is 18.7. The molecule has 27 heavy (non-hydrogen) atoms. The first-order valence-corrected chi connectivity index (χ1v) is 8.81. The molecule has 0 saturated heterocycles. The lowest BCUT2D eigenvalue weighted by molar-refractivity contribution is -0.128. The van der Waals surface area contributed by atoms with Gasteiger partial charge in [0, 0.05) is 14.0 Å². The number of ether oxygens (including phenoxy) is 1. The SMILES string of the molecule is CC(=O)N(C)Cc1nc2ccccc2n1CCOc1cc(C)ccc1C.Cl.